The molecular weight excluding hydrogens is 378 g/mol. The van der Waals surface area contributed by atoms with Crippen LogP contribution < -0.4 is 0 Å². The quantitative estimate of drug-likeness (QED) is 0.766. The van der Waals surface area contributed by atoms with Gasteiger partial charge in [-0.15, -0.1) is 0 Å². The van der Waals surface area contributed by atoms with Crippen molar-refractivity contribution >= 4 is 15.9 Å². The lowest BCUT2D eigenvalue weighted by Crippen LogP contribution is -2.53. The number of sulfonamides is 1. The van der Waals surface area contributed by atoms with Gasteiger partial charge in [0.15, 0.2) is 5.76 Å². The van der Waals surface area contributed by atoms with E-state index in [4.69, 9.17) is 4.52 Å². The second-order valence-corrected chi connectivity index (χ2v) is 10.5. The van der Waals surface area contributed by atoms with E-state index >= 15 is 0 Å². The summed E-state index contributed by atoms with van der Waals surface area (Å²) in [5, 5.41) is 3.78. The Labute approximate surface area is 167 Å². The van der Waals surface area contributed by atoms with Crippen molar-refractivity contribution in [3.05, 3.63) is 11.5 Å². The molecule has 1 saturated carbocycles. The van der Waals surface area contributed by atoms with Crippen molar-refractivity contribution < 1.29 is 17.7 Å². The van der Waals surface area contributed by atoms with Gasteiger partial charge in [-0.05, 0) is 58.3 Å². The second kappa shape index (κ2) is 7.78. The normalized spacial score (nSPS) is 27.6. The van der Waals surface area contributed by atoms with Gasteiger partial charge < -0.3 is 9.42 Å². The molecule has 1 aromatic rings. The molecule has 0 spiro atoms. The summed E-state index contributed by atoms with van der Waals surface area (Å²) in [5.74, 6) is 1.20. The first-order valence-electron chi connectivity index (χ1n) is 10.6. The lowest BCUT2D eigenvalue weighted by molar-refractivity contribution is -0.143. The molecule has 1 aromatic heterocycles. The van der Waals surface area contributed by atoms with E-state index in [1.54, 1.807) is 13.8 Å². The van der Waals surface area contributed by atoms with Gasteiger partial charge in [-0.3, -0.25) is 4.79 Å². The third-order valence-electron chi connectivity index (χ3n) is 6.90. The third-order valence-corrected chi connectivity index (χ3v) is 9.04. The number of piperidine rings is 2. The molecule has 0 radical (unpaired) electrons. The monoisotopic (exact) mass is 409 g/mol. The number of rotatable bonds is 3. The van der Waals surface area contributed by atoms with Gasteiger partial charge in [0, 0.05) is 31.6 Å². The average Bonchev–Trinajstić information content (AvgIpc) is 3.06. The van der Waals surface area contributed by atoms with Crippen molar-refractivity contribution in [2.75, 3.05) is 19.6 Å². The molecule has 2 aliphatic heterocycles. The highest BCUT2D eigenvalue weighted by Crippen LogP contribution is 2.37. The minimum absolute atomic E-state index is 0.0585. The van der Waals surface area contributed by atoms with Crippen LogP contribution in [-0.2, 0) is 14.8 Å². The van der Waals surface area contributed by atoms with Crippen LogP contribution in [0.1, 0.15) is 62.8 Å². The predicted molar refractivity (Wildman–Crippen MR) is 104 cm³/mol. The van der Waals surface area contributed by atoms with Crippen LogP contribution in [0, 0.1) is 25.7 Å². The van der Waals surface area contributed by atoms with Gasteiger partial charge >= 0.3 is 0 Å². The number of hydrogen-bond donors (Lipinski definition) is 0. The van der Waals surface area contributed by atoms with Gasteiger partial charge in [0.25, 0.3) is 0 Å². The molecule has 2 atom stereocenters. The summed E-state index contributed by atoms with van der Waals surface area (Å²) in [5.41, 5.74) is 0.396. The van der Waals surface area contributed by atoms with E-state index in [9.17, 15) is 13.2 Å². The van der Waals surface area contributed by atoms with E-state index in [1.807, 2.05) is 0 Å². The fourth-order valence-corrected chi connectivity index (χ4v) is 7.21. The topological polar surface area (TPSA) is 83.7 Å². The highest BCUT2D eigenvalue weighted by atomic mass is 32.2. The summed E-state index contributed by atoms with van der Waals surface area (Å²) in [6.45, 7) is 4.91. The molecule has 28 heavy (non-hydrogen) atoms. The Morgan fingerprint density at radius 1 is 1.00 bits per heavy atom. The van der Waals surface area contributed by atoms with Gasteiger partial charge in [-0.2, -0.15) is 4.31 Å². The average molecular weight is 410 g/mol. The zero-order valence-corrected chi connectivity index (χ0v) is 17.7. The van der Waals surface area contributed by atoms with E-state index in [1.165, 1.54) is 30.0 Å². The minimum Gasteiger partial charge on any atom is -0.360 e. The Morgan fingerprint density at radius 2 is 1.68 bits per heavy atom. The molecule has 2 saturated heterocycles. The Morgan fingerprint density at radius 3 is 2.36 bits per heavy atom. The molecule has 3 fully saturated rings. The van der Waals surface area contributed by atoms with Crippen molar-refractivity contribution in [3.63, 3.8) is 0 Å². The van der Waals surface area contributed by atoms with Crippen LogP contribution in [0.2, 0.25) is 0 Å². The van der Waals surface area contributed by atoms with Crippen LogP contribution in [0.3, 0.4) is 0 Å². The second-order valence-electron chi connectivity index (χ2n) is 8.62. The maximum atomic E-state index is 13.2. The summed E-state index contributed by atoms with van der Waals surface area (Å²) in [4.78, 5) is 15.6. The molecule has 3 aliphatic rings. The number of aryl methyl sites for hydroxylation is 2. The summed E-state index contributed by atoms with van der Waals surface area (Å²) in [7, 11) is -3.62. The highest BCUT2D eigenvalue weighted by Gasteiger charge is 2.40. The first kappa shape index (κ1) is 19.9. The molecule has 1 amide bonds. The fraction of sp³-hybridized carbons (Fsp3) is 0.800. The van der Waals surface area contributed by atoms with Crippen molar-refractivity contribution in [3.8, 4) is 0 Å². The Bertz CT molecular complexity index is 805. The highest BCUT2D eigenvalue weighted by molar-refractivity contribution is 7.89. The van der Waals surface area contributed by atoms with Gasteiger partial charge in [-0.25, -0.2) is 8.42 Å². The smallest absolute Gasteiger partial charge is 0.248 e. The number of amides is 1. The van der Waals surface area contributed by atoms with Crippen molar-refractivity contribution in [1.82, 2.24) is 14.4 Å². The van der Waals surface area contributed by atoms with Gasteiger partial charge in [0.1, 0.15) is 10.6 Å². The molecule has 0 bridgehead atoms. The Hall–Kier alpha value is -1.41. The lowest BCUT2D eigenvalue weighted by Gasteiger charge is -2.46. The molecule has 8 heteroatoms. The van der Waals surface area contributed by atoms with E-state index in [0.717, 1.165) is 19.4 Å². The van der Waals surface area contributed by atoms with Crippen LogP contribution in [0.15, 0.2) is 9.42 Å². The van der Waals surface area contributed by atoms with Crippen molar-refractivity contribution in [2.24, 2.45) is 11.8 Å². The van der Waals surface area contributed by atoms with Gasteiger partial charge in [0.2, 0.25) is 15.9 Å². The lowest BCUT2D eigenvalue weighted by atomic mass is 9.77. The van der Waals surface area contributed by atoms with E-state index in [2.05, 4.69) is 10.1 Å². The van der Waals surface area contributed by atoms with Crippen LogP contribution in [0.5, 0.6) is 0 Å². The van der Waals surface area contributed by atoms with Crippen LogP contribution in [0.4, 0.5) is 0 Å². The van der Waals surface area contributed by atoms with Crippen molar-refractivity contribution in [1.29, 1.82) is 0 Å². The number of aromatic nitrogens is 1. The van der Waals surface area contributed by atoms with Crippen LogP contribution in [0.25, 0.3) is 0 Å². The minimum atomic E-state index is -3.62. The maximum absolute atomic E-state index is 13.2. The van der Waals surface area contributed by atoms with E-state index in [-0.39, 0.29) is 16.7 Å². The molecule has 0 aromatic carbocycles. The number of carbonyl (C=O) groups excluding carboxylic acids is 1. The van der Waals surface area contributed by atoms with E-state index < -0.39 is 10.0 Å². The molecule has 0 N–H and O–H groups in total. The predicted octanol–water partition coefficient (Wildman–Crippen LogP) is 2.87. The Balaban J connectivity index is 1.42. The number of carbonyl (C=O) groups is 1. The summed E-state index contributed by atoms with van der Waals surface area (Å²) in [6.07, 6.45) is 8.44. The van der Waals surface area contributed by atoms with E-state index in [0.29, 0.717) is 49.3 Å². The molecule has 4 rings (SSSR count). The summed E-state index contributed by atoms with van der Waals surface area (Å²) < 4.78 is 32.5. The first-order valence-corrected chi connectivity index (χ1v) is 12.1. The number of likely N-dealkylation sites (tertiary alicyclic amines) is 1. The molecule has 7 nitrogen and oxygen atoms in total. The van der Waals surface area contributed by atoms with Crippen molar-refractivity contribution in [2.45, 2.75) is 76.2 Å². The third kappa shape index (κ3) is 3.49. The van der Waals surface area contributed by atoms with Gasteiger partial charge in [0.05, 0.1) is 0 Å². The fourth-order valence-electron chi connectivity index (χ4n) is 5.45. The zero-order chi connectivity index (χ0) is 19.9. The summed E-state index contributed by atoms with van der Waals surface area (Å²) >= 11 is 0. The maximum Gasteiger partial charge on any atom is 0.248 e. The number of hydrogen-bond acceptors (Lipinski definition) is 5. The number of fused-ring (bicyclic) bond motifs is 1. The van der Waals surface area contributed by atoms with Crippen LogP contribution >= 0.6 is 0 Å². The molecule has 1 aliphatic carbocycles. The standard InChI is InChI=1S/C20H31N3O4S/c1-14-19(15(2)27-21-14)28(25,26)22-12-9-17(10-13-22)20(24)23-11-5-7-16-6-3-4-8-18(16)23/h16-18H,3-13H2,1-2H3. The molecular formula is C20H31N3O4S. The summed E-state index contributed by atoms with van der Waals surface area (Å²) in [6, 6.07) is 0.416. The van der Waals surface area contributed by atoms with Crippen LogP contribution in [-0.4, -0.2) is 54.4 Å². The SMILES string of the molecule is Cc1noc(C)c1S(=O)(=O)N1CCC(C(=O)N2CCCC3CCCCC32)CC1. The molecule has 2 unspecified atom stereocenters. The molecule has 156 valence electrons. The van der Waals surface area contributed by atoms with Gasteiger partial charge in [-0.1, -0.05) is 18.0 Å². The zero-order valence-electron chi connectivity index (χ0n) is 16.9. The largest absolute Gasteiger partial charge is 0.360 e. The molecule has 3 heterocycles. The number of nitrogens with zero attached hydrogens (tertiary/aromatic N) is 3. The first-order chi connectivity index (χ1) is 13.4. The Kier molecular flexibility index (Phi) is 5.53.